The zero-order chi connectivity index (χ0) is 23.8. The number of thiazole rings is 1. The number of rotatable bonds is 6. The molecule has 0 saturated carbocycles. The highest BCUT2D eigenvalue weighted by molar-refractivity contribution is 7.12. The van der Waals surface area contributed by atoms with Crippen LogP contribution in [-0.2, 0) is 0 Å². The molecule has 3 aromatic heterocycles. The summed E-state index contributed by atoms with van der Waals surface area (Å²) in [5.74, 6) is 0.865. The van der Waals surface area contributed by atoms with Crippen LogP contribution in [-0.4, -0.2) is 21.9 Å². The summed E-state index contributed by atoms with van der Waals surface area (Å²) in [6.07, 6.45) is 1.74. The maximum atomic E-state index is 13.1. The normalized spacial score (nSPS) is 11.1. The first-order chi connectivity index (χ1) is 16.4. The molecule has 0 amide bonds. The Bertz CT molecular complexity index is 1560. The van der Waals surface area contributed by atoms with Crippen LogP contribution in [0, 0.1) is 20.8 Å². The van der Waals surface area contributed by atoms with Crippen LogP contribution in [0.1, 0.15) is 27.5 Å². The number of Topliss-reactive ketones (excluding diaryl/α,β-unsaturated/α-hetero) is 1. The van der Waals surface area contributed by atoms with Gasteiger partial charge >= 0.3 is 0 Å². The van der Waals surface area contributed by atoms with Gasteiger partial charge in [-0.05, 0) is 44.5 Å². The van der Waals surface area contributed by atoms with Crippen LogP contribution >= 0.6 is 11.3 Å². The second-order valence-electron chi connectivity index (χ2n) is 8.03. The first-order valence-corrected chi connectivity index (χ1v) is 11.7. The van der Waals surface area contributed by atoms with Gasteiger partial charge < -0.3 is 9.15 Å². The van der Waals surface area contributed by atoms with E-state index in [-0.39, 0.29) is 17.8 Å². The second kappa shape index (κ2) is 8.76. The lowest BCUT2D eigenvalue weighted by molar-refractivity contribution is 0.0921. The molecule has 3 heterocycles. The average Bonchev–Trinajstić information content (AvgIpc) is 3.45. The van der Waals surface area contributed by atoms with E-state index in [9.17, 15) is 9.59 Å². The van der Waals surface area contributed by atoms with Crippen LogP contribution in [0.3, 0.4) is 0 Å². The first kappa shape index (κ1) is 21.9. The van der Waals surface area contributed by atoms with Crippen LogP contribution in [0.4, 0.5) is 0 Å². The molecule has 0 atom stereocenters. The van der Waals surface area contributed by atoms with Gasteiger partial charge in [-0.15, -0.1) is 11.3 Å². The summed E-state index contributed by atoms with van der Waals surface area (Å²) < 4.78 is 13.7. The molecule has 0 unspecified atom stereocenters. The summed E-state index contributed by atoms with van der Waals surface area (Å²) in [5, 5.41) is 3.20. The molecule has 0 N–H and O–H groups in total. The zero-order valence-electron chi connectivity index (χ0n) is 19.0. The minimum absolute atomic E-state index is 0.0952. The maximum absolute atomic E-state index is 13.1. The highest BCUT2D eigenvalue weighted by Gasteiger charge is 2.19. The zero-order valence-corrected chi connectivity index (χ0v) is 19.8. The van der Waals surface area contributed by atoms with Crippen LogP contribution in [0.25, 0.3) is 27.2 Å². The van der Waals surface area contributed by atoms with Crippen molar-refractivity contribution in [3.8, 4) is 22.0 Å². The number of fused-ring (bicyclic) bond motifs is 1. The summed E-state index contributed by atoms with van der Waals surface area (Å²) in [6, 6.07) is 16.3. The third kappa shape index (κ3) is 3.84. The van der Waals surface area contributed by atoms with Gasteiger partial charge in [-0.3, -0.25) is 14.2 Å². The van der Waals surface area contributed by atoms with Gasteiger partial charge in [-0.2, -0.15) is 0 Å². The van der Waals surface area contributed by atoms with Gasteiger partial charge in [-0.1, -0.05) is 30.3 Å². The number of nitrogens with zero attached hydrogens (tertiary/aromatic N) is 2. The molecule has 6 nitrogen and oxygen atoms in total. The monoisotopic (exact) mass is 470 g/mol. The summed E-state index contributed by atoms with van der Waals surface area (Å²) >= 11 is 1.52. The maximum Gasteiger partial charge on any atom is 0.202 e. The molecule has 2 aromatic carbocycles. The van der Waals surface area contributed by atoms with Crippen molar-refractivity contribution >= 4 is 28.1 Å². The quantitative estimate of drug-likeness (QED) is 0.289. The lowest BCUT2D eigenvalue weighted by Gasteiger charge is -2.10. The molecule has 0 aliphatic carbocycles. The smallest absolute Gasteiger partial charge is 0.202 e. The molecule has 0 radical (unpaired) electrons. The van der Waals surface area contributed by atoms with Gasteiger partial charge in [0.2, 0.25) is 11.2 Å². The number of hydrogen-bond acceptors (Lipinski definition) is 6. The molecule has 7 heteroatoms. The summed E-state index contributed by atoms with van der Waals surface area (Å²) in [5.41, 5.74) is 4.06. The third-order valence-corrected chi connectivity index (χ3v) is 6.57. The number of benzene rings is 2. The Morgan fingerprint density at radius 3 is 2.62 bits per heavy atom. The fourth-order valence-corrected chi connectivity index (χ4v) is 4.96. The van der Waals surface area contributed by atoms with Gasteiger partial charge in [0.15, 0.2) is 11.7 Å². The minimum Gasteiger partial charge on any atom is -0.485 e. The van der Waals surface area contributed by atoms with E-state index < -0.39 is 0 Å². The topological polar surface area (TPSA) is 74.3 Å². The van der Waals surface area contributed by atoms with Crippen LogP contribution < -0.4 is 10.2 Å². The number of hydrogen-bond donors (Lipinski definition) is 0. The van der Waals surface area contributed by atoms with Gasteiger partial charge in [0, 0.05) is 34.6 Å². The molecule has 5 rings (SSSR count). The van der Waals surface area contributed by atoms with Crippen molar-refractivity contribution in [2.75, 3.05) is 6.61 Å². The molecule has 0 fully saturated rings. The van der Waals surface area contributed by atoms with Gasteiger partial charge in [0.05, 0.1) is 10.9 Å². The van der Waals surface area contributed by atoms with E-state index in [0.29, 0.717) is 33.6 Å². The molecule has 0 saturated heterocycles. The van der Waals surface area contributed by atoms with Crippen LogP contribution in [0.5, 0.6) is 5.75 Å². The van der Waals surface area contributed by atoms with Crippen molar-refractivity contribution in [1.82, 2.24) is 9.55 Å². The molecule has 34 heavy (non-hydrogen) atoms. The fourth-order valence-electron chi connectivity index (χ4n) is 4.21. The van der Waals surface area contributed by atoms with E-state index in [1.165, 1.54) is 11.3 Å². The Hall–Kier alpha value is -3.97. The van der Waals surface area contributed by atoms with E-state index in [4.69, 9.17) is 9.15 Å². The Labute approximate surface area is 200 Å². The Morgan fingerprint density at radius 2 is 1.88 bits per heavy atom. The largest absolute Gasteiger partial charge is 0.485 e. The van der Waals surface area contributed by atoms with E-state index in [2.05, 4.69) is 4.98 Å². The van der Waals surface area contributed by atoms with Crippen molar-refractivity contribution in [1.29, 1.82) is 0 Å². The average molecular weight is 471 g/mol. The molecular weight excluding hydrogens is 448 g/mol. The molecule has 0 bridgehead atoms. The lowest BCUT2D eigenvalue weighted by atomic mass is 10.0. The Morgan fingerprint density at radius 1 is 1.09 bits per heavy atom. The molecule has 5 aromatic rings. The van der Waals surface area contributed by atoms with Crippen LogP contribution in [0.15, 0.2) is 75.4 Å². The van der Waals surface area contributed by atoms with Crippen molar-refractivity contribution in [3.63, 3.8) is 0 Å². The van der Waals surface area contributed by atoms with Crippen LogP contribution in [0.2, 0.25) is 0 Å². The van der Waals surface area contributed by atoms with Crippen molar-refractivity contribution in [2.24, 2.45) is 0 Å². The summed E-state index contributed by atoms with van der Waals surface area (Å²) in [4.78, 5) is 30.4. The Kier molecular flexibility index (Phi) is 5.63. The van der Waals surface area contributed by atoms with Gasteiger partial charge in [-0.25, -0.2) is 4.98 Å². The standard InChI is InChI=1S/C27H22N2O4S/c1-16-13-22(17(2)29(16)27-28-11-12-34-27)23(30)15-32-20-9-10-21-24(14-20)33-18(3)25(26(21)31)19-7-5-4-6-8-19/h4-14H,15H2,1-3H3. The van der Waals surface area contributed by atoms with E-state index >= 15 is 0 Å². The highest BCUT2D eigenvalue weighted by Crippen LogP contribution is 2.27. The number of aromatic nitrogens is 2. The van der Waals surface area contributed by atoms with E-state index in [1.807, 2.05) is 60.2 Å². The molecule has 170 valence electrons. The number of carbonyl (C=O) groups is 1. The number of ether oxygens (including phenoxy) is 1. The van der Waals surface area contributed by atoms with Crippen molar-refractivity contribution < 1.29 is 13.9 Å². The highest BCUT2D eigenvalue weighted by atomic mass is 32.1. The van der Waals surface area contributed by atoms with Gasteiger partial charge in [0.1, 0.15) is 17.1 Å². The lowest BCUT2D eigenvalue weighted by Crippen LogP contribution is -2.13. The summed E-state index contributed by atoms with van der Waals surface area (Å²) in [7, 11) is 0. The molecule has 0 aliphatic rings. The molecule has 0 aliphatic heterocycles. The molecular formula is C27H22N2O4S. The predicted molar refractivity (Wildman–Crippen MR) is 133 cm³/mol. The second-order valence-corrected chi connectivity index (χ2v) is 8.91. The van der Waals surface area contributed by atoms with Crippen molar-refractivity contribution in [2.45, 2.75) is 20.8 Å². The van der Waals surface area contributed by atoms with Gasteiger partial charge in [0.25, 0.3) is 0 Å². The number of aryl methyl sites for hydroxylation is 2. The SMILES string of the molecule is Cc1oc2cc(OCC(=O)c3cc(C)n(-c4nccs4)c3C)ccc2c(=O)c1-c1ccccc1. The Balaban J connectivity index is 1.40. The number of carbonyl (C=O) groups excluding carboxylic acids is 1. The van der Waals surface area contributed by atoms with Crippen molar-refractivity contribution in [3.05, 3.63) is 99.1 Å². The third-order valence-electron chi connectivity index (χ3n) is 5.81. The van der Waals surface area contributed by atoms with E-state index in [1.54, 1.807) is 31.3 Å². The first-order valence-electron chi connectivity index (χ1n) is 10.8. The fraction of sp³-hybridized carbons (Fsp3) is 0.148. The number of ketones is 1. The summed E-state index contributed by atoms with van der Waals surface area (Å²) in [6.45, 7) is 5.50. The van der Waals surface area contributed by atoms with E-state index in [0.717, 1.165) is 22.1 Å². The molecule has 0 spiro atoms. The minimum atomic E-state index is -0.131. The predicted octanol–water partition coefficient (Wildman–Crippen LogP) is 5.89.